The number of nitrogens with one attached hydrogen (secondary N) is 3. The zero-order chi connectivity index (χ0) is 12.6. The molecule has 1 fully saturated rings. The van der Waals surface area contributed by atoms with Crippen LogP contribution in [0.1, 0.15) is 20.3 Å². The van der Waals surface area contributed by atoms with Gasteiger partial charge in [0.05, 0.1) is 17.4 Å². The summed E-state index contributed by atoms with van der Waals surface area (Å²) >= 11 is 0. The van der Waals surface area contributed by atoms with Gasteiger partial charge in [0.2, 0.25) is 0 Å². The van der Waals surface area contributed by atoms with Crippen LogP contribution in [0.15, 0.2) is 24.4 Å². The molecule has 0 bridgehead atoms. The molecule has 4 heteroatoms. The van der Waals surface area contributed by atoms with Crippen molar-refractivity contribution in [3.05, 3.63) is 24.4 Å². The monoisotopic (exact) mass is 244 g/mol. The van der Waals surface area contributed by atoms with E-state index in [0.717, 1.165) is 36.1 Å². The van der Waals surface area contributed by atoms with Crippen molar-refractivity contribution in [3.63, 3.8) is 0 Å². The SMILES string of the molecule is CC1(C)CNCCC1Nc1cccc2cn[nH]c12. The van der Waals surface area contributed by atoms with Crippen molar-refractivity contribution in [2.75, 3.05) is 18.4 Å². The molecule has 1 aliphatic rings. The highest BCUT2D eigenvalue weighted by Gasteiger charge is 2.32. The summed E-state index contributed by atoms with van der Waals surface area (Å²) in [5, 5.41) is 15.5. The highest BCUT2D eigenvalue weighted by atomic mass is 15.1. The van der Waals surface area contributed by atoms with Crippen LogP contribution in [0.4, 0.5) is 5.69 Å². The van der Waals surface area contributed by atoms with Crippen molar-refractivity contribution in [2.24, 2.45) is 5.41 Å². The van der Waals surface area contributed by atoms with Crippen LogP contribution < -0.4 is 10.6 Å². The third-order valence-corrected chi connectivity index (χ3v) is 3.94. The van der Waals surface area contributed by atoms with Gasteiger partial charge in [0.25, 0.3) is 0 Å². The second kappa shape index (κ2) is 4.28. The van der Waals surface area contributed by atoms with Crippen molar-refractivity contribution in [3.8, 4) is 0 Å². The average Bonchev–Trinajstić information content (AvgIpc) is 2.81. The largest absolute Gasteiger partial charge is 0.380 e. The highest BCUT2D eigenvalue weighted by Crippen LogP contribution is 2.30. The number of rotatable bonds is 2. The predicted octanol–water partition coefficient (Wildman–Crippen LogP) is 2.36. The second-order valence-electron chi connectivity index (χ2n) is 5.79. The lowest BCUT2D eigenvalue weighted by molar-refractivity contribution is 0.237. The fraction of sp³-hybridized carbons (Fsp3) is 0.500. The van der Waals surface area contributed by atoms with Crippen LogP contribution >= 0.6 is 0 Å². The molecule has 0 spiro atoms. The van der Waals surface area contributed by atoms with E-state index >= 15 is 0 Å². The molecule has 0 saturated carbocycles. The number of anilines is 1. The van der Waals surface area contributed by atoms with Crippen molar-refractivity contribution in [1.29, 1.82) is 0 Å². The Hall–Kier alpha value is -1.55. The van der Waals surface area contributed by atoms with Crippen LogP contribution in [-0.4, -0.2) is 29.3 Å². The molecule has 96 valence electrons. The maximum atomic E-state index is 4.11. The Morgan fingerprint density at radius 2 is 2.28 bits per heavy atom. The van der Waals surface area contributed by atoms with E-state index in [-0.39, 0.29) is 5.41 Å². The summed E-state index contributed by atoms with van der Waals surface area (Å²) in [7, 11) is 0. The number of para-hydroxylation sites is 1. The van der Waals surface area contributed by atoms with Gasteiger partial charge >= 0.3 is 0 Å². The maximum absolute atomic E-state index is 4.11. The Balaban J connectivity index is 1.89. The summed E-state index contributed by atoms with van der Waals surface area (Å²) in [4.78, 5) is 0. The Labute approximate surface area is 107 Å². The van der Waals surface area contributed by atoms with Crippen molar-refractivity contribution < 1.29 is 0 Å². The first-order chi connectivity index (χ1) is 8.67. The normalized spacial score (nSPS) is 23.1. The fourth-order valence-corrected chi connectivity index (χ4v) is 2.72. The summed E-state index contributed by atoms with van der Waals surface area (Å²) < 4.78 is 0. The molecule has 1 aromatic heterocycles. The molecule has 18 heavy (non-hydrogen) atoms. The number of benzene rings is 1. The summed E-state index contributed by atoms with van der Waals surface area (Å²) in [5.41, 5.74) is 2.53. The first-order valence-electron chi connectivity index (χ1n) is 6.56. The first kappa shape index (κ1) is 11.5. The molecule has 2 heterocycles. The van der Waals surface area contributed by atoms with Gasteiger partial charge in [0.1, 0.15) is 0 Å². The molecule has 1 unspecified atom stereocenters. The molecule has 4 nitrogen and oxygen atoms in total. The minimum absolute atomic E-state index is 0.264. The standard InChI is InChI=1S/C14H20N4/c1-14(2)9-15-7-6-12(14)17-11-5-3-4-10-8-16-18-13(10)11/h3-5,8,12,15,17H,6-7,9H2,1-2H3,(H,16,18). The van der Waals surface area contributed by atoms with E-state index in [2.05, 4.69) is 52.9 Å². The van der Waals surface area contributed by atoms with E-state index in [1.807, 2.05) is 6.20 Å². The van der Waals surface area contributed by atoms with Crippen LogP contribution in [0.2, 0.25) is 0 Å². The summed E-state index contributed by atoms with van der Waals surface area (Å²) in [6.45, 7) is 6.76. The number of hydrogen-bond acceptors (Lipinski definition) is 3. The van der Waals surface area contributed by atoms with Gasteiger partial charge < -0.3 is 10.6 Å². The first-order valence-corrected chi connectivity index (χ1v) is 6.56. The Bertz CT molecular complexity index is 543. The van der Waals surface area contributed by atoms with Gasteiger partial charge in [0.15, 0.2) is 0 Å². The third kappa shape index (κ3) is 1.97. The molecular formula is C14H20N4. The molecule has 3 rings (SSSR count). The number of aromatic amines is 1. The molecule has 0 aliphatic carbocycles. The molecule has 0 amide bonds. The molecule has 1 aliphatic heterocycles. The molecular weight excluding hydrogens is 224 g/mol. The minimum Gasteiger partial charge on any atom is -0.380 e. The number of aromatic nitrogens is 2. The lowest BCUT2D eigenvalue weighted by atomic mass is 9.80. The molecule has 1 saturated heterocycles. The molecule has 3 N–H and O–H groups in total. The van der Waals surface area contributed by atoms with E-state index < -0.39 is 0 Å². The fourth-order valence-electron chi connectivity index (χ4n) is 2.72. The van der Waals surface area contributed by atoms with E-state index in [4.69, 9.17) is 0 Å². The molecule has 0 radical (unpaired) electrons. The van der Waals surface area contributed by atoms with Gasteiger partial charge in [0, 0.05) is 18.0 Å². The van der Waals surface area contributed by atoms with Gasteiger partial charge in [-0.15, -0.1) is 0 Å². The van der Waals surface area contributed by atoms with Crippen LogP contribution in [0.25, 0.3) is 10.9 Å². The molecule has 1 atom stereocenters. The van der Waals surface area contributed by atoms with E-state index in [1.165, 1.54) is 0 Å². The number of hydrogen-bond donors (Lipinski definition) is 3. The zero-order valence-electron chi connectivity index (χ0n) is 11.0. The zero-order valence-corrected chi connectivity index (χ0v) is 11.0. The Kier molecular flexibility index (Phi) is 2.74. The molecule has 1 aromatic carbocycles. The van der Waals surface area contributed by atoms with Gasteiger partial charge in [-0.25, -0.2) is 0 Å². The third-order valence-electron chi connectivity index (χ3n) is 3.94. The molecule has 2 aromatic rings. The lowest BCUT2D eigenvalue weighted by Gasteiger charge is -2.40. The number of piperidine rings is 1. The van der Waals surface area contributed by atoms with Gasteiger partial charge in [-0.2, -0.15) is 5.10 Å². The van der Waals surface area contributed by atoms with E-state index in [9.17, 15) is 0 Å². The number of nitrogens with zero attached hydrogens (tertiary/aromatic N) is 1. The Morgan fingerprint density at radius 1 is 1.39 bits per heavy atom. The smallest absolute Gasteiger partial charge is 0.0881 e. The van der Waals surface area contributed by atoms with Gasteiger partial charge in [-0.1, -0.05) is 26.0 Å². The van der Waals surface area contributed by atoms with Crippen LogP contribution in [0, 0.1) is 5.41 Å². The van der Waals surface area contributed by atoms with Crippen molar-refractivity contribution in [2.45, 2.75) is 26.3 Å². The van der Waals surface area contributed by atoms with Crippen LogP contribution in [0.5, 0.6) is 0 Å². The Morgan fingerprint density at radius 3 is 3.11 bits per heavy atom. The lowest BCUT2D eigenvalue weighted by Crippen LogP contribution is -2.49. The summed E-state index contributed by atoms with van der Waals surface area (Å²) in [6, 6.07) is 6.78. The number of H-pyrrole nitrogens is 1. The number of fused-ring (bicyclic) bond motifs is 1. The van der Waals surface area contributed by atoms with Crippen molar-refractivity contribution in [1.82, 2.24) is 15.5 Å². The maximum Gasteiger partial charge on any atom is 0.0881 e. The van der Waals surface area contributed by atoms with Gasteiger partial charge in [-0.3, -0.25) is 5.10 Å². The van der Waals surface area contributed by atoms with Crippen molar-refractivity contribution >= 4 is 16.6 Å². The second-order valence-corrected chi connectivity index (χ2v) is 5.79. The van der Waals surface area contributed by atoms with Crippen LogP contribution in [0.3, 0.4) is 0 Å². The summed E-state index contributed by atoms with van der Waals surface area (Å²) in [5.74, 6) is 0. The quantitative estimate of drug-likeness (QED) is 0.760. The topological polar surface area (TPSA) is 52.7 Å². The summed E-state index contributed by atoms with van der Waals surface area (Å²) in [6.07, 6.45) is 3.02. The van der Waals surface area contributed by atoms with E-state index in [0.29, 0.717) is 6.04 Å². The predicted molar refractivity (Wildman–Crippen MR) is 74.8 cm³/mol. The minimum atomic E-state index is 0.264. The van der Waals surface area contributed by atoms with E-state index in [1.54, 1.807) is 0 Å². The highest BCUT2D eigenvalue weighted by molar-refractivity contribution is 5.90. The average molecular weight is 244 g/mol. The van der Waals surface area contributed by atoms with Gasteiger partial charge in [-0.05, 0) is 24.4 Å². The van der Waals surface area contributed by atoms with Crippen LogP contribution in [-0.2, 0) is 0 Å².